The largest absolute Gasteiger partial charge is 0.478 e. The number of benzene rings is 1. The second kappa shape index (κ2) is 6.99. The van der Waals surface area contributed by atoms with Crippen LogP contribution >= 0.6 is 0 Å². The Kier molecular flexibility index (Phi) is 5.63. The van der Waals surface area contributed by atoms with E-state index in [2.05, 4.69) is 13.8 Å². The predicted octanol–water partition coefficient (Wildman–Crippen LogP) is 1.95. The molecule has 19 heavy (non-hydrogen) atoms. The van der Waals surface area contributed by atoms with Crippen LogP contribution in [0.3, 0.4) is 0 Å². The highest BCUT2D eigenvalue weighted by Gasteiger charge is 2.17. The van der Waals surface area contributed by atoms with E-state index in [-0.39, 0.29) is 23.9 Å². The van der Waals surface area contributed by atoms with Crippen molar-refractivity contribution in [1.29, 1.82) is 0 Å². The summed E-state index contributed by atoms with van der Waals surface area (Å²) in [5.74, 6) is -1.03. The predicted molar refractivity (Wildman–Crippen MR) is 76.6 cm³/mol. The van der Waals surface area contributed by atoms with E-state index in [0.29, 0.717) is 6.54 Å². The number of carboxylic acids is 1. The van der Waals surface area contributed by atoms with Gasteiger partial charge in [-0.05, 0) is 31.0 Å². The Balaban J connectivity index is 3.15. The van der Waals surface area contributed by atoms with Gasteiger partial charge in [0.1, 0.15) is 0 Å². The monoisotopic (exact) mass is 266 g/mol. The molecule has 1 aromatic rings. The number of nitrogens with zero attached hydrogens (tertiary/aromatic N) is 1. The third-order valence-electron chi connectivity index (χ3n) is 3.32. The summed E-state index contributed by atoms with van der Waals surface area (Å²) >= 11 is 0. The summed E-state index contributed by atoms with van der Waals surface area (Å²) in [7, 11) is 0. The molecule has 106 valence electrons. The van der Waals surface area contributed by atoms with Crippen LogP contribution in [0.15, 0.2) is 18.2 Å². The Labute approximate surface area is 113 Å². The van der Waals surface area contributed by atoms with Crippen molar-refractivity contribution in [2.45, 2.75) is 32.7 Å². The Morgan fingerprint density at radius 1 is 1.37 bits per heavy atom. The van der Waals surface area contributed by atoms with Crippen molar-refractivity contribution in [2.24, 2.45) is 0 Å². The van der Waals surface area contributed by atoms with Crippen molar-refractivity contribution < 1.29 is 15.0 Å². The molecule has 0 fully saturated rings. The van der Waals surface area contributed by atoms with Crippen LogP contribution in [-0.2, 0) is 0 Å². The molecule has 0 amide bonds. The fourth-order valence-corrected chi connectivity index (χ4v) is 2.27. The molecule has 0 spiro atoms. The van der Waals surface area contributed by atoms with Crippen molar-refractivity contribution >= 4 is 17.3 Å². The van der Waals surface area contributed by atoms with Gasteiger partial charge in [0, 0.05) is 24.0 Å². The molecule has 4 N–H and O–H groups in total. The van der Waals surface area contributed by atoms with Gasteiger partial charge in [-0.25, -0.2) is 4.79 Å². The van der Waals surface area contributed by atoms with Crippen LogP contribution in [0.1, 0.15) is 37.0 Å². The lowest BCUT2D eigenvalue weighted by Crippen LogP contribution is -2.36. The molecule has 0 aliphatic heterocycles. The van der Waals surface area contributed by atoms with E-state index >= 15 is 0 Å². The first kappa shape index (κ1) is 15.3. The highest BCUT2D eigenvalue weighted by Crippen LogP contribution is 2.24. The molecule has 0 unspecified atom stereocenters. The number of nitrogen functional groups attached to an aromatic ring is 1. The summed E-state index contributed by atoms with van der Waals surface area (Å²) in [6.07, 6.45) is 1.87. The average Bonchev–Trinajstić information content (AvgIpc) is 2.39. The Morgan fingerprint density at radius 3 is 2.47 bits per heavy atom. The second-order valence-electron chi connectivity index (χ2n) is 4.46. The molecule has 0 bridgehead atoms. The first-order valence-corrected chi connectivity index (χ1v) is 6.55. The summed E-state index contributed by atoms with van der Waals surface area (Å²) in [6.45, 7) is 4.67. The minimum atomic E-state index is -1.03. The van der Waals surface area contributed by atoms with E-state index in [1.54, 1.807) is 18.2 Å². The van der Waals surface area contributed by atoms with Crippen molar-refractivity contribution in [2.75, 3.05) is 23.8 Å². The third kappa shape index (κ3) is 3.61. The van der Waals surface area contributed by atoms with Crippen LogP contribution in [0, 0.1) is 0 Å². The van der Waals surface area contributed by atoms with Crippen LogP contribution in [-0.4, -0.2) is 35.4 Å². The van der Waals surface area contributed by atoms with Gasteiger partial charge in [-0.1, -0.05) is 13.8 Å². The van der Waals surface area contributed by atoms with Crippen molar-refractivity contribution in [3.05, 3.63) is 23.8 Å². The molecule has 0 saturated heterocycles. The van der Waals surface area contributed by atoms with Crippen LogP contribution in [0.5, 0.6) is 0 Å². The topological polar surface area (TPSA) is 86.8 Å². The summed E-state index contributed by atoms with van der Waals surface area (Å²) in [4.78, 5) is 13.1. The van der Waals surface area contributed by atoms with E-state index in [9.17, 15) is 9.90 Å². The number of aromatic carboxylic acids is 1. The van der Waals surface area contributed by atoms with Crippen LogP contribution in [0.25, 0.3) is 0 Å². The maximum atomic E-state index is 11.1. The molecule has 0 aliphatic carbocycles. The van der Waals surface area contributed by atoms with Gasteiger partial charge in [0.05, 0.1) is 12.2 Å². The van der Waals surface area contributed by atoms with Crippen LogP contribution in [0.2, 0.25) is 0 Å². The van der Waals surface area contributed by atoms with Crippen LogP contribution < -0.4 is 10.6 Å². The highest BCUT2D eigenvalue weighted by molar-refractivity contribution is 5.94. The maximum Gasteiger partial charge on any atom is 0.337 e. The fourth-order valence-electron chi connectivity index (χ4n) is 2.27. The lowest BCUT2D eigenvalue weighted by molar-refractivity contribution is 0.0698. The van der Waals surface area contributed by atoms with Gasteiger partial charge in [-0.2, -0.15) is 0 Å². The Hall–Kier alpha value is -1.75. The molecule has 1 rings (SSSR count). The zero-order valence-corrected chi connectivity index (χ0v) is 11.5. The fraction of sp³-hybridized carbons (Fsp3) is 0.500. The first-order valence-electron chi connectivity index (χ1n) is 6.55. The van der Waals surface area contributed by atoms with E-state index in [4.69, 9.17) is 10.8 Å². The molecular weight excluding hydrogens is 244 g/mol. The number of carbonyl (C=O) groups is 1. The van der Waals surface area contributed by atoms with Crippen molar-refractivity contribution in [1.82, 2.24) is 0 Å². The number of nitrogens with two attached hydrogens (primary N) is 1. The minimum Gasteiger partial charge on any atom is -0.478 e. The average molecular weight is 266 g/mol. The lowest BCUT2D eigenvalue weighted by Gasteiger charge is -2.32. The second-order valence-corrected chi connectivity index (χ2v) is 4.46. The molecular formula is C14H22N2O3. The summed E-state index contributed by atoms with van der Waals surface area (Å²) in [5.41, 5.74) is 6.80. The van der Waals surface area contributed by atoms with E-state index in [1.807, 2.05) is 4.90 Å². The molecule has 0 saturated carbocycles. The van der Waals surface area contributed by atoms with Crippen molar-refractivity contribution in [3.63, 3.8) is 0 Å². The van der Waals surface area contributed by atoms with Gasteiger partial charge in [-0.3, -0.25) is 0 Å². The smallest absolute Gasteiger partial charge is 0.337 e. The van der Waals surface area contributed by atoms with Gasteiger partial charge in [0.2, 0.25) is 0 Å². The number of hydrogen-bond acceptors (Lipinski definition) is 4. The number of rotatable bonds is 7. The molecule has 0 heterocycles. The molecule has 1 aromatic carbocycles. The van der Waals surface area contributed by atoms with E-state index in [0.717, 1.165) is 18.5 Å². The SMILES string of the molecule is CCC(CC)N(CCO)c1ccc(N)c(C(=O)O)c1. The number of aliphatic hydroxyl groups excluding tert-OH is 1. The van der Waals surface area contributed by atoms with Gasteiger partial charge in [0.25, 0.3) is 0 Å². The molecule has 0 atom stereocenters. The standard InChI is InChI=1S/C14H22N2O3/c1-3-10(4-2)16(7-8-17)11-5-6-13(15)12(9-11)14(18)19/h5-6,9-10,17H,3-4,7-8,15H2,1-2H3,(H,18,19). The summed E-state index contributed by atoms with van der Waals surface area (Å²) in [5, 5.41) is 18.3. The van der Waals surface area contributed by atoms with E-state index in [1.165, 1.54) is 0 Å². The van der Waals surface area contributed by atoms with Gasteiger partial charge in [0.15, 0.2) is 0 Å². The minimum absolute atomic E-state index is 0.0310. The molecule has 0 radical (unpaired) electrons. The van der Waals surface area contributed by atoms with Gasteiger partial charge >= 0.3 is 5.97 Å². The lowest BCUT2D eigenvalue weighted by atomic mass is 10.1. The highest BCUT2D eigenvalue weighted by atomic mass is 16.4. The van der Waals surface area contributed by atoms with Gasteiger partial charge < -0.3 is 20.8 Å². The molecule has 0 aliphatic rings. The Morgan fingerprint density at radius 2 is 2.00 bits per heavy atom. The third-order valence-corrected chi connectivity index (χ3v) is 3.32. The number of anilines is 2. The first-order chi connectivity index (χ1) is 9.04. The molecule has 5 nitrogen and oxygen atoms in total. The van der Waals surface area contributed by atoms with Crippen molar-refractivity contribution in [3.8, 4) is 0 Å². The number of aliphatic hydroxyl groups is 1. The number of carboxylic acid groups (broad SMARTS) is 1. The van der Waals surface area contributed by atoms with Crippen LogP contribution in [0.4, 0.5) is 11.4 Å². The maximum absolute atomic E-state index is 11.1. The van der Waals surface area contributed by atoms with E-state index < -0.39 is 5.97 Å². The Bertz CT molecular complexity index is 431. The van der Waals surface area contributed by atoms with Gasteiger partial charge in [-0.15, -0.1) is 0 Å². The molecule has 5 heteroatoms. The zero-order valence-electron chi connectivity index (χ0n) is 11.5. The summed E-state index contributed by atoms with van der Waals surface area (Å²) in [6, 6.07) is 5.25. The quantitative estimate of drug-likeness (QED) is 0.657. The zero-order chi connectivity index (χ0) is 14.4. The number of hydrogen-bond donors (Lipinski definition) is 3. The molecule has 0 aromatic heterocycles. The summed E-state index contributed by atoms with van der Waals surface area (Å²) < 4.78 is 0. The normalized spacial score (nSPS) is 10.7.